The van der Waals surface area contributed by atoms with E-state index >= 15 is 0 Å². The molecule has 0 aromatic heterocycles. The Morgan fingerprint density at radius 3 is 2.65 bits per heavy atom. The number of hydrogen-bond acceptors (Lipinski definition) is 4. The predicted molar refractivity (Wildman–Crippen MR) is 89.6 cm³/mol. The maximum Gasteiger partial charge on any atom is 0.196 e. The molecule has 0 fully saturated rings. The first-order chi connectivity index (χ1) is 11.1. The number of unbranched alkanes of at least 4 members (excludes halogenated alkanes) is 1. The predicted octanol–water partition coefficient (Wildman–Crippen LogP) is 3.50. The summed E-state index contributed by atoms with van der Waals surface area (Å²) >= 11 is 0. The second kappa shape index (κ2) is 8.53. The molecule has 1 aromatic rings. The zero-order valence-corrected chi connectivity index (χ0v) is 13.4. The lowest BCUT2D eigenvalue weighted by Gasteiger charge is -2.20. The van der Waals surface area contributed by atoms with Crippen molar-refractivity contribution in [1.29, 1.82) is 0 Å². The van der Waals surface area contributed by atoms with E-state index in [-0.39, 0.29) is 11.9 Å². The van der Waals surface area contributed by atoms with Crippen LogP contribution in [0, 0.1) is 0 Å². The third-order valence-electron chi connectivity index (χ3n) is 3.90. The van der Waals surface area contributed by atoms with Gasteiger partial charge in [0.1, 0.15) is 5.75 Å². The van der Waals surface area contributed by atoms with E-state index in [1.54, 1.807) is 6.08 Å². The number of allylic oxidation sites excluding steroid dienone is 1. The van der Waals surface area contributed by atoms with Gasteiger partial charge in [-0.2, -0.15) is 0 Å². The molecule has 1 aromatic carbocycles. The van der Waals surface area contributed by atoms with Crippen LogP contribution >= 0.6 is 0 Å². The first kappa shape index (κ1) is 17.3. The van der Waals surface area contributed by atoms with E-state index in [4.69, 9.17) is 9.84 Å². The molecule has 0 saturated carbocycles. The minimum Gasteiger partial charge on any atom is -0.515 e. The molecule has 124 valence electrons. The van der Waals surface area contributed by atoms with Crippen LogP contribution in [0.5, 0.6) is 5.75 Å². The largest absolute Gasteiger partial charge is 0.515 e. The van der Waals surface area contributed by atoms with E-state index in [0.717, 1.165) is 31.9 Å². The van der Waals surface area contributed by atoms with Gasteiger partial charge in [0.25, 0.3) is 0 Å². The van der Waals surface area contributed by atoms with Crippen LogP contribution in [-0.4, -0.2) is 28.2 Å². The summed E-state index contributed by atoms with van der Waals surface area (Å²) in [5.41, 5.74) is 1.90. The Bertz CT molecular complexity index is 570. The van der Waals surface area contributed by atoms with Crippen LogP contribution < -0.4 is 4.74 Å². The lowest BCUT2D eigenvalue weighted by molar-refractivity contribution is -0.121. The van der Waals surface area contributed by atoms with E-state index in [9.17, 15) is 9.90 Å². The van der Waals surface area contributed by atoms with Crippen molar-refractivity contribution in [3.05, 3.63) is 53.8 Å². The van der Waals surface area contributed by atoms with E-state index < -0.39 is 6.10 Å². The molecule has 2 N–H and O–H groups in total. The minimum absolute atomic E-state index is 0.0854. The van der Waals surface area contributed by atoms with Gasteiger partial charge in [0, 0.05) is 6.42 Å². The van der Waals surface area contributed by atoms with Gasteiger partial charge in [-0.15, -0.1) is 0 Å². The van der Waals surface area contributed by atoms with Gasteiger partial charge < -0.3 is 14.9 Å². The molecule has 1 aliphatic rings. The van der Waals surface area contributed by atoms with Crippen LogP contribution in [0.15, 0.2) is 48.3 Å². The first-order valence-electron chi connectivity index (χ1n) is 8.07. The molecule has 0 amide bonds. The number of aryl methyl sites for hydroxylation is 1. The van der Waals surface area contributed by atoms with E-state index in [0.29, 0.717) is 17.7 Å². The molecule has 2 rings (SSSR count). The maximum absolute atomic E-state index is 11.8. The number of ether oxygens (including phenoxy) is 1. The van der Waals surface area contributed by atoms with Gasteiger partial charge in [0.2, 0.25) is 0 Å². The van der Waals surface area contributed by atoms with E-state index in [2.05, 4.69) is 0 Å². The summed E-state index contributed by atoms with van der Waals surface area (Å²) in [6.45, 7) is 1.81. The molecule has 0 saturated heterocycles. The Morgan fingerprint density at radius 1 is 1.26 bits per heavy atom. The highest BCUT2D eigenvalue weighted by molar-refractivity contribution is 5.95. The zero-order valence-electron chi connectivity index (χ0n) is 13.4. The molecule has 0 radical (unpaired) electrons. The van der Waals surface area contributed by atoms with Crippen LogP contribution in [0.2, 0.25) is 0 Å². The highest BCUT2D eigenvalue weighted by Gasteiger charge is 2.23. The summed E-state index contributed by atoms with van der Waals surface area (Å²) in [6, 6.07) is 7.75. The van der Waals surface area contributed by atoms with Crippen LogP contribution in [0.4, 0.5) is 0 Å². The molecule has 4 nitrogen and oxygen atoms in total. The van der Waals surface area contributed by atoms with Gasteiger partial charge in [-0.3, -0.25) is 4.79 Å². The number of aliphatic hydroxyl groups excluding tert-OH is 2. The van der Waals surface area contributed by atoms with Gasteiger partial charge in [0.05, 0.1) is 12.4 Å². The number of carbonyl (C=O) groups excluding carboxylic acids is 1. The summed E-state index contributed by atoms with van der Waals surface area (Å²) in [7, 11) is 0. The zero-order chi connectivity index (χ0) is 16.7. The van der Waals surface area contributed by atoms with Crippen molar-refractivity contribution >= 4 is 5.78 Å². The molecule has 2 atom stereocenters. The van der Waals surface area contributed by atoms with Crippen molar-refractivity contribution < 1.29 is 19.7 Å². The Kier molecular flexibility index (Phi) is 6.41. The monoisotopic (exact) mass is 316 g/mol. The van der Waals surface area contributed by atoms with Gasteiger partial charge in [-0.25, -0.2) is 0 Å². The third kappa shape index (κ3) is 5.57. The second-order valence-corrected chi connectivity index (χ2v) is 5.99. The topological polar surface area (TPSA) is 66.8 Å². The maximum atomic E-state index is 11.8. The van der Waals surface area contributed by atoms with E-state index in [1.807, 2.05) is 31.2 Å². The summed E-state index contributed by atoms with van der Waals surface area (Å²) in [6.07, 6.45) is 7.49. The van der Waals surface area contributed by atoms with E-state index in [1.165, 1.54) is 11.6 Å². The average Bonchev–Trinajstić information content (AvgIpc) is 2.55. The molecule has 0 bridgehead atoms. The average molecular weight is 316 g/mol. The third-order valence-corrected chi connectivity index (χ3v) is 3.90. The molecule has 2 unspecified atom stereocenters. The highest BCUT2D eigenvalue weighted by atomic mass is 16.5. The fraction of sp³-hybridized carbons (Fsp3) is 0.421. The number of ketones is 1. The number of hydrogen-bond donors (Lipinski definition) is 2. The molecule has 0 heterocycles. The molecular weight excluding hydrogens is 292 g/mol. The number of rotatable bonds is 7. The standard InChI is InChI=1S/C19H24O4/c1-14(21)4-2-3-5-15-6-9-17(10-7-15)23-19-12-16(13-20)8-11-18(19)22/h6-11,13-14,19-21H,2-5,12H2,1H3. The normalized spacial score (nSPS) is 20.7. The van der Waals surface area contributed by atoms with Crippen LogP contribution in [-0.2, 0) is 11.2 Å². The quantitative estimate of drug-likeness (QED) is 0.597. The smallest absolute Gasteiger partial charge is 0.196 e. The van der Waals surface area contributed by atoms with Gasteiger partial charge >= 0.3 is 0 Å². The summed E-state index contributed by atoms with van der Waals surface area (Å²) in [5.74, 6) is 0.571. The first-order valence-corrected chi connectivity index (χ1v) is 8.07. The fourth-order valence-corrected chi connectivity index (χ4v) is 2.54. The van der Waals surface area contributed by atoms with Crippen LogP contribution in [0.1, 0.15) is 38.2 Å². The Morgan fingerprint density at radius 2 is 2.00 bits per heavy atom. The molecule has 4 heteroatoms. The summed E-state index contributed by atoms with van der Waals surface area (Å²) in [5, 5.41) is 18.3. The molecule has 23 heavy (non-hydrogen) atoms. The second-order valence-electron chi connectivity index (χ2n) is 5.99. The molecular formula is C19H24O4. The molecule has 1 aliphatic carbocycles. The van der Waals surface area contributed by atoms with Gasteiger partial charge in [0.15, 0.2) is 11.9 Å². The van der Waals surface area contributed by atoms with Crippen molar-refractivity contribution in [2.45, 2.75) is 51.2 Å². The fourth-order valence-electron chi connectivity index (χ4n) is 2.54. The highest BCUT2D eigenvalue weighted by Crippen LogP contribution is 2.21. The van der Waals surface area contributed by atoms with Crippen molar-refractivity contribution in [1.82, 2.24) is 0 Å². The van der Waals surface area contributed by atoms with Crippen molar-refractivity contribution in [2.24, 2.45) is 0 Å². The number of carbonyl (C=O) groups is 1. The van der Waals surface area contributed by atoms with Crippen molar-refractivity contribution in [2.75, 3.05) is 0 Å². The lowest BCUT2D eigenvalue weighted by Crippen LogP contribution is -2.28. The molecule has 0 spiro atoms. The summed E-state index contributed by atoms with van der Waals surface area (Å²) < 4.78 is 5.73. The van der Waals surface area contributed by atoms with Gasteiger partial charge in [-0.05, 0) is 55.5 Å². The Labute approximate surface area is 137 Å². The molecule has 0 aliphatic heterocycles. The number of aliphatic hydroxyl groups is 2. The Balaban J connectivity index is 1.85. The van der Waals surface area contributed by atoms with Crippen molar-refractivity contribution in [3.8, 4) is 5.75 Å². The minimum atomic E-state index is -0.574. The number of benzene rings is 1. The van der Waals surface area contributed by atoms with Crippen molar-refractivity contribution in [3.63, 3.8) is 0 Å². The SMILES string of the molecule is CC(O)CCCCc1ccc(OC2CC(=CO)C=CC2=O)cc1. The summed E-state index contributed by atoms with van der Waals surface area (Å²) in [4.78, 5) is 11.8. The Hall–Kier alpha value is -2.07. The lowest BCUT2D eigenvalue weighted by atomic mass is 9.99. The van der Waals surface area contributed by atoms with Crippen LogP contribution in [0.25, 0.3) is 0 Å². The van der Waals surface area contributed by atoms with Crippen LogP contribution in [0.3, 0.4) is 0 Å². The van der Waals surface area contributed by atoms with Gasteiger partial charge in [-0.1, -0.05) is 24.6 Å².